The number of carboxylic acids is 1. The molecular formula is C34H42F3N7O4. The highest BCUT2D eigenvalue weighted by atomic mass is 19.4. The number of nitrogen functional groups attached to an aromatic ring is 1. The van der Waals surface area contributed by atoms with Crippen molar-refractivity contribution in [1.29, 1.82) is 5.41 Å². The molecule has 3 aromatic carbocycles. The number of rotatable bonds is 13. The van der Waals surface area contributed by atoms with Crippen LogP contribution in [0, 0.1) is 5.41 Å². The maximum absolute atomic E-state index is 13.3. The third-order valence-electron chi connectivity index (χ3n) is 7.58. The number of nitrogens with zero attached hydrogens (tertiary/aromatic N) is 1. The largest absolute Gasteiger partial charge is 0.490 e. The molecule has 4 rings (SSSR count). The van der Waals surface area contributed by atoms with Crippen LogP contribution >= 0.6 is 0 Å². The third kappa shape index (κ3) is 12.7. The van der Waals surface area contributed by atoms with Gasteiger partial charge in [0.25, 0.3) is 0 Å². The fourth-order valence-corrected chi connectivity index (χ4v) is 4.79. The molecule has 0 unspecified atom stereocenters. The monoisotopic (exact) mass is 669 g/mol. The Labute approximate surface area is 277 Å². The number of amides is 2. The predicted molar refractivity (Wildman–Crippen MR) is 178 cm³/mol. The zero-order valence-corrected chi connectivity index (χ0v) is 26.6. The number of aliphatic carboxylic acids is 1. The second-order valence-corrected chi connectivity index (χ2v) is 11.2. The average molecular weight is 670 g/mol. The van der Waals surface area contributed by atoms with Gasteiger partial charge in [0.1, 0.15) is 11.9 Å². The molecule has 0 bridgehead atoms. The molecule has 0 radical (unpaired) electrons. The van der Waals surface area contributed by atoms with E-state index in [2.05, 4.69) is 62.6 Å². The van der Waals surface area contributed by atoms with Crippen molar-refractivity contribution in [2.45, 2.75) is 51.1 Å². The number of benzene rings is 3. The second-order valence-electron chi connectivity index (χ2n) is 11.2. The lowest BCUT2D eigenvalue weighted by Crippen LogP contribution is -2.51. The van der Waals surface area contributed by atoms with Crippen LogP contribution in [0.1, 0.15) is 35.6 Å². The van der Waals surface area contributed by atoms with Crippen LogP contribution in [0.3, 0.4) is 0 Å². The number of halogens is 3. The topological polar surface area (TPSA) is 173 Å². The summed E-state index contributed by atoms with van der Waals surface area (Å²) in [6.07, 6.45) is -3.74. The van der Waals surface area contributed by atoms with Crippen molar-refractivity contribution in [3.63, 3.8) is 0 Å². The van der Waals surface area contributed by atoms with Gasteiger partial charge in [-0.05, 0) is 48.6 Å². The van der Waals surface area contributed by atoms with E-state index < -0.39 is 24.2 Å². The number of nitrogens with two attached hydrogens (primary N) is 1. The van der Waals surface area contributed by atoms with Crippen LogP contribution < -0.4 is 31.9 Å². The highest BCUT2D eigenvalue weighted by molar-refractivity contribution is 5.95. The smallest absolute Gasteiger partial charge is 0.475 e. The predicted octanol–water partition coefficient (Wildman–Crippen LogP) is 2.93. The number of carbonyl (C=O) groups excluding carboxylic acids is 2. The lowest BCUT2D eigenvalue weighted by molar-refractivity contribution is -0.192. The first-order valence-electron chi connectivity index (χ1n) is 15.5. The minimum atomic E-state index is -5.08. The van der Waals surface area contributed by atoms with Gasteiger partial charge in [-0.2, -0.15) is 13.2 Å². The highest BCUT2D eigenvalue weighted by Gasteiger charge is 2.38. The van der Waals surface area contributed by atoms with Gasteiger partial charge >= 0.3 is 12.1 Å². The molecule has 0 saturated carbocycles. The molecule has 3 aromatic rings. The van der Waals surface area contributed by atoms with Gasteiger partial charge < -0.3 is 37.0 Å². The fraction of sp³-hybridized carbons (Fsp3) is 0.353. The summed E-state index contributed by atoms with van der Waals surface area (Å²) in [5.41, 5.74) is 10.5. The molecule has 0 spiro atoms. The van der Waals surface area contributed by atoms with Crippen molar-refractivity contribution >= 4 is 29.3 Å². The Balaban J connectivity index is 0.000000804. The molecule has 48 heavy (non-hydrogen) atoms. The van der Waals surface area contributed by atoms with E-state index in [1.54, 1.807) is 19.1 Å². The van der Waals surface area contributed by atoms with E-state index in [-0.39, 0.29) is 17.6 Å². The molecule has 1 aliphatic heterocycles. The molecule has 14 heteroatoms. The fourth-order valence-electron chi connectivity index (χ4n) is 4.79. The van der Waals surface area contributed by atoms with Crippen LogP contribution in [-0.2, 0) is 33.9 Å². The molecule has 1 heterocycles. The zero-order valence-electron chi connectivity index (χ0n) is 26.6. The number of carbonyl (C=O) groups is 3. The number of aryl methyl sites for hydroxylation is 1. The Morgan fingerprint density at radius 2 is 1.46 bits per heavy atom. The SMILES string of the molecule is C[C@H](NC(=O)[C@@H](CCc1ccccc1)NCc1ccc(N2CCNCC2)cc1)C(=O)NCc1ccc(C(=N)N)cc1.O=C(O)C(F)(F)F. The minimum Gasteiger partial charge on any atom is -0.475 e. The second kappa shape index (κ2) is 18.4. The maximum Gasteiger partial charge on any atom is 0.490 e. The third-order valence-corrected chi connectivity index (χ3v) is 7.58. The molecule has 2 amide bonds. The molecular weight excluding hydrogens is 627 g/mol. The molecule has 1 fully saturated rings. The van der Waals surface area contributed by atoms with Crippen molar-refractivity contribution in [1.82, 2.24) is 21.3 Å². The van der Waals surface area contributed by atoms with Gasteiger partial charge in [0.15, 0.2) is 0 Å². The van der Waals surface area contributed by atoms with Crippen LogP contribution in [0.5, 0.6) is 0 Å². The molecule has 258 valence electrons. The summed E-state index contributed by atoms with van der Waals surface area (Å²) in [5, 5.41) is 27.2. The van der Waals surface area contributed by atoms with Crippen LogP contribution in [-0.4, -0.2) is 73.2 Å². The normalized spacial score (nSPS) is 14.1. The number of anilines is 1. The Morgan fingerprint density at radius 1 is 0.896 bits per heavy atom. The Kier molecular flexibility index (Phi) is 14.4. The van der Waals surface area contributed by atoms with E-state index >= 15 is 0 Å². The van der Waals surface area contributed by atoms with Gasteiger partial charge in [0, 0.05) is 50.5 Å². The van der Waals surface area contributed by atoms with Gasteiger partial charge in [0.2, 0.25) is 11.8 Å². The number of hydrogen-bond acceptors (Lipinski definition) is 7. The van der Waals surface area contributed by atoms with Crippen LogP contribution in [0.2, 0.25) is 0 Å². The van der Waals surface area contributed by atoms with Crippen molar-refractivity contribution in [3.05, 3.63) is 101 Å². The van der Waals surface area contributed by atoms with E-state index in [4.69, 9.17) is 21.0 Å². The van der Waals surface area contributed by atoms with Crippen LogP contribution in [0.25, 0.3) is 0 Å². The zero-order chi connectivity index (χ0) is 35.1. The van der Waals surface area contributed by atoms with Gasteiger partial charge in [-0.3, -0.25) is 15.0 Å². The van der Waals surface area contributed by atoms with E-state index in [1.807, 2.05) is 30.3 Å². The summed E-state index contributed by atoms with van der Waals surface area (Å²) in [6.45, 7) is 6.53. The van der Waals surface area contributed by atoms with E-state index in [9.17, 15) is 22.8 Å². The summed E-state index contributed by atoms with van der Waals surface area (Å²) < 4.78 is 31.7. The molecule has 1 saturated heterocycles. The first-order valence-corrected chi connectivity index (χ1v) is 15.5. The van der Waals surface area contributed by atoms with Crippen molar-refractivity contribution in [2.24, 2.45) is 5.73 Å². The van der Waals surface area contributed by atoms with Gasteiger partial charge in [-0.1, -0.05) is 66.7 Å². The van der Waals surface area contributed by atoms with Crippen molar-refractivity contribution in [3.8, 4) is 0 Å². The number of alkyl halides is 3. The summed E-state index contributed by atoms with van der Waals surface area (Å²) in [7, 11) is 0. The quantitative estimate of drug-likeness (QED) is 0.108. The lowest BCUT2D eigenvalue weighted by Gasteiger charge is -2.29. The lowest BCUT2D eigenvalue weighted by atomic mass is 10.0. The Hall–Kier alpha value is -4.95. The first-order chi connectivity index (χ1) is 22.8. The van der Waals surface area contributed by atoms with Gasteiger partial charge in [0.05, 0.1) is 6.04 Å². The average Bonchev–Trinajstić information content (AvgIpc) is 3.08. The number of piperazine rings is 1. The molecule has 0 aliphatic carbocycles. The van der Waals surface area contributed by atoms with E-state index in [1.165, 1.54) is 5.69 Å². The number of hydrogen-bond donors (Lipinski definition) is 7. The highest BCUT2D eigenvalue weighted by Crippen LogP contribution is 2.16. The molecule has 1 aliphatic rings. The van der Waals surface area contributed by atoms with Crippen molar-refractivity contribution < 1.29 is 32.7 Å². The standard InChI is InChI=1S/C32H41N7O2.C2HF3O2/c1-23(31(40)37-22-25-7-12-27(13-8-25)30(33)34)38-32(41)29(16-11-24-5-3-2-4-6-24)36-21-26-9-14-28(15-10-26)39-19-17-35-18-20-39;3-2(4,5)1(6)7/h2-10,12-15,23,29,35-36H,11,16-22H2,1H3,(H3,33,34)(H,37,40)(H,38,41);(H,6,7)/t23-,29+;/m0./s1. The van der Waals surface area contributed by atoms with Crippen molar-refractivity contribution in [2.75, 3.05) is 31.1 Å². The Morgan fingerprint density at radius 3 is 2.02 bits per heavy atom. The van der Waals surface area contributed by atoms with Gasteiger partial charge in [-0.25, -0.2) is 4.79 Å². The van der Waals surface area contributed by atoms with Crippen LogP contribution in [0.15, 0.2) is 78.9 Å². The molecule has 0 aromatic heterocycles. The van der Waals surface area contributed by atoms with Crippen LogP contribution in [0.4, 0.5) is 18.9 Å². The minimum absolute atomic E-state index is 0.000386. The number of amidine groups is 1. The summed E-state index contributed by atoms with van der Waals surface area (Å²) in [4.78, 5) is 37.4. The maximum atomic E-state index is 13.3. The first kappa shape index (κ1) is 37.5. The Bertz CT molecular complexity index is 1480. The molecule has 8 N–H and O–H groups in total. The molecule has 11 nitrogen and oxygen atoms in total. The summed E-state index contributed by atoms with van der Waals surface area (Å²) >= 11 is 0. The number of carboxylic acid groups (broad SMARTS) is 1. The molecule has 2 atom stereocenters. The summed E-state index contributed by atoms with van der Waals surface area (Å²) in [5.74, 6) is -3.22. The summed E-state index contributed by atoms with van der Waals surface area (Å²) in [6, 6.07) is 24.6. The van der Waals surface area contributed by atoms with E-state index in [0.717, 1.165) is 49.3 Å². The van der Waals surface area contributed by atoms with E-state index in [0.29, 0.717) is 25.1 Å². The number of nitrogens with one attached hydrogen (secondary N) is 5. The van der Waals surface area contributed by atoms with Gasteiger partial charge in [-0.15, -0.1) is 0 Å².